The van der Waals surface area contributed by atoms with Gasteiger partial charge in [0.25, 0.3) is 0 Å². The maximum Gasteiger partial charge on any atom is 0.189 e. The molecule has 78 valence electrons. The van der Waals surface area contributed by atoms with Crippen LogP contribution in [0.25, 0.3) is 10.9 Å². The highest BCUT2D eigenvalue weighted by Gasteiger charge is 2.04. The normalized spacial score (nSPS) is 10.9. The number of nitrogens with one attached hydrogen (secondary N) is 1. The summed E-state index contributed by atoms with van der Waals surface area (Å²) in [6.45, 7) is 3.96. The second-order valence-electron chi connectivity index (χ2n) is 3.80. The highest BCUT2D eigenvalue weighted by molar-refractivity contribution is 6.16. The van der Waals surface area contributed by atoms with Gasteiger partial charge >= 0.3 is 0 Å². The van der Waals surface area contributed by atoms with E-state index in [1.54, 1.807) is 6.07 Å². The number of hydrogen-bond acceptors (Lipinski definition) is 1. The van der Waals surface area contributed by atoms with Crippen LogP contribution in [0.3, 0.4) is 0 Å². The molecule has 3 heteroatoms. The van der Waals surface area contributed by atoms with Crippen LogP contribution in [0.2, 0.25) is 0 Å². The predicted octanol–water partition coefficient (Wildman–Crippen LogP) is 2.88. The summed E-state index contributed by atoms with van der Waals surface area (Å²) in [6.07, 6.45) is 0. The highest BCUT2D eigenvalue weighted by Crippen LogP contribution is 2.16. The molecule has 1 aromatic carbocycles. The molecule has 1 N–H and O–H groups in total. The van der Waals surface area contributed by atoms with Crippen molar-refractivity contribution < 1.29 is 0 Å². The number of aromatic nitrogens is 1. The second-order valence-corrected chi connectivity index (χ2v) is 4.06. The molecule has 0 atom stereocenters. The minimum Gasteiger partial charge on any atom is -0.357 e. The van der Waals surface area contributed by atoms with Crippen LogP contribution in [0.1, 0.15) is 16.8 Å². The molecule has 0 aliphatic rings. The minimum atomic E-state index is 0.0388. The number of rotatable bonds is 1. The third-order valence-corrected chi connectivity index (χ3v) is 2.76. The Kier molecular flexibility index (Phi) is 2.53. The molecular weight excluding hydrogens is 210 g/mol. The molecule has 2 nitrogen and oxygen atoms in total. The minimum absolute atomic E-state index is 0.0388. The van der Waals surface area contributed by atoms with Crippen LogP contribution < -0.4 is 5.43 Å². The van der Waals surface area contributed by atoms with Crippen molar-refractivity contribution in [3.05, 3.63) is 45.2 Å². The maximum absolute atomic E-state index is 11.8. The average molecular weight is 222 g/mol. The van der Waals surface area contributed by atoms with Gasteiger partial charge in [0.2, 0.25) is 0 Å². The molecular formula is C12H12ClNO. The molecule has 0 saturated heterocycles. The molecule has 0 unspecified atom stereocenters. The van der Waals surface area contributed by atoms with E-state index < -0.39 is 0 Å². The van der Waals surface area contributed by atoms with Gasteiger partial charge in [-0.15, -0.1) is 11.6 Å². The molecule has 0 fully saturated rings. The van der Waals surface area contributed by atoms with Crippen molar-refractivity contribution in [3.8, 4) is 0 Å². The first-order valence-corrected chi connectivity index (χ1v) is 5.34. The number of aryl methyl sites for hydroxylation is 2. The number of fused-ring (bicyclic) bond motifs is 1. The fourth-order valence-electron chi connectivity index (χ4n) is 1.90. The summed E-state index contributed by atoms with van der Waals surface area (Å²) < 4.78 is 0. The van der Waals surface area contributed by atoms with Gasteiger partial charge in [-0.05, 0) is 31.0 Å². The number of hydrogen-bond donors (Lipinski definition) is 1. The fraction of sp³-hybridized carbons (Fsp3) is 0.250. The lowest BCUT2D eigenvalue weighted by Crippen LogP contribution is -2.06. The summed E-state index contributed by atoms with van der Waals surface area (Å²) in [5.74, 6) is 0.332. The Hall–Kier alpha value is -1.28. The second kappa shape index (κ2) is 3.70. The Morgan fingerprint density at radius 3 is 2.67 bits per heavy atom. The molecule has 0 saturated carbocycles. The van der Waals surface area contributed by atoms with Crippen LogP contribution in [-0.4, -0.2) is 4.98 Å². The predicted molar refractivity (Wildman–Crippen MR) is 63.6 cm³/mol. The zero-order valence-corrected chi connectivity index (χ0v) is 9.48. The van der Waals surface area contributed by atoms with E-state index in [1.165, 1.54) is 0 Å². The molecule has 0 spiro atoms. The molecule has 0 radical (unpaired) electrons. The highest BCUT2D eigenvalue weighted by atomic mass is 35.5. The Balaban J connectivity index is 2.91. The standard InChI is InChI=1S/C12H12ClNO/c1-7-3-8(2)12-10(4-7)14-9(6-13)5-11(12)15/h3-5H,6H2,1-2H3,(H,14,15). The van der Waals surface area contributed by atoms with E-state index in [-0.39, 0.29) is 5.43 Å². The number of H-pyrrole nitrogens is 1. The topological polar surface area (TPSA) is 32.9 Å². The van der Waals surface area contributed by atoms with Crippen LogP contribution in [0.5, 0.6) is 0 Å². The molecule has 1 heterocycles. The number of pyridine rings is 1. The van der Waals surface area contributed by atoms with E-state index in [2.05, 4.69) is 4.98 Å². The third kappa shape index (κ3) is 1.77. The van der Waals surface area contributed by atoms with Gasteiger partial charge in [0, 0.05) is 17.1 Å². The van der Waals surface area contributed by atoms with Gasteiger partial charge in [0.1, 0.15) is 0 Å². The van der Waals surface area contributed by atoms with Crippen molar-refractivity contribution >= 4 is 22.5 Å². The van der Waals surface area contributed by atoms with E-state index in [0.29, 0.717) is 5.88 Å². The molecule has 0 aliphatic heterocycles. The molecule has 0 aliphatic carbocycles. The molecule has 2 rings (SSSR count). The van der Waals surface area contributed by atoms with Crippen LogP contribution in [-0.2, 0) is 5.88 Å². The SMILES string of the molecule is Cc1cc(C)c2c(=O)cc(CCl)[nH]c2c1. The van der Waals surface area contributed by atoms with Crippen molar-refractivity contribution in [3.63, 3.8) is 0 Å². The van der Waals surface area contributed by atoms with Crippen molar-refractivity contribution in [1.29, 1.82) is 0 Å². The summed E-state index contributed by atoms with van der Waals surface area (Å²) in [5, 5.41) is 0.759. The summed E-state index contributed by atoms with van der Waals surface area (Å²) in [5.41, 5.74) is 3.82. The maximum atomic E-state index is 11.8. The van der Waals surface area contributed by atoms with Gasteiger partial charge in [-0.2, -0.15) is 0 Å². The van der Waals surface area contributed by atoms with Crippen molar-refractivity contribution in [2.24, 2.45) is 0 Å². The molecule has 0 amide bonds. The van der Waals surface area contributed by atoms with Crippen LogP contribution in [0.15, 0.2) is 23.0 Å². The Morgan fingerprint density at radius 1 is 1.27 bits per heavy atom. The first-order chi connectivity index (χ1) is 7.11. The molecule has 2 aromatic rings. The van der Waals surface area contributed by atoms with Gasteiger partial charge in [-0.1, -0.05) is 6.07 Å². The monoisotopic (exact) mass is 221 g/mol. The fourth-order valence-corrected chi connectivity index (χ4v) is 2.05. The third-order valence-electron chi connectivity index (χ3n) is 2.47. The first-order valence-electron chi connectivity index (χ1n) is 4.81. The molecule has 0 bridgehead atoms. The zero-order valence-electron chi connectivity index (χ0n) is 8.73. The van der Waals surface area contributed by atoms with E-state index in [9.17, 15) is 4.79 Å². The Morgan fingerprint density at radius 2 is 2.00 bits per heavy atom. The lowest BCUT2D eigenvalue weighted by molar-refractivity contribution is 1.20. The van der Waals surface area contributed by atoms with Gasteiger partial charge in [0.15, 0.2) is 5.43 Å². The molecule has 1 aromatic heterocycles. The largest absolute Gasteiger partial charge is 0.357 e. The van der Waals surface area contributed by atoms with Crippen molar-refractivity contribution in [2.75, 3.05) is 0 Å². The lowest BCUT2D eigenvalue weighted by Gasteiger charge is -2.05. The van der Waals surface area contributed by atoms with Gasteiger partial charge in [-0.3, -0.25) is 4.79 Å². The summed E-state index contributed by atoms with van der Waals surface area (Å²) in [7, 11) is 0. The summed E-state index contributed by atoms with van der Waals surface area (Å²) in [6, 6.07) is 5.55. The number of aromatic amines is 1. The van der Waals surface area contributed by atoms with Crippen LogP contribution in [0.4, 0.5) is 0 Å². The zero-order chi connectivity index (χ0) is 11.0. The van der Waals surface area contributed by atoms with Gasteiger partial charge in [-0.25, -0.2) is 0 Å². The van der Waals surface area contributed by atoms with Crippen molar-refractivity contribution in [2.45, 2.75) is 19.7 Å². The summed E-state index contributed by atoms with van der Waals surface area (Å²) in [4.78, 5) is 15.0. The van der Waals surface area contributed by atoms with Crippen molar-refractivity contribution in [1.82, 2.24) is 4.98 Å². The lowest BCUT2D eigenvalue weighted by atomic mass is 10.1. The number of alkyl halides is 1. The smallest absolute Gasteiger partial charge is 0.189 e. The molecule has 15 heavy (non-hydrogen) atoms. The van der Waals surface area contributed by atoms with Crippen LogP contribution in [0, 0.1) is 13.8 Å². The van der Waals surface area contributed by atoms with E-state index in [0.717, 1.165) is 27.7 Å². The Labute approximate surface area is 92.9 Å². The van der Waals surface area contributed by atoms with E-state index in [1.807, 2.05) is 26.0 Å². The number of benzene rings is 1. The van der Waals surface area contributed by atoms with E-state index in [4.69, 9.17) is 11.6 Å². The quantitative estimate of drug-likeness (QED) is 0.738. The van der Waals surface area contributed by atoms with Gasteiger partial charge < -0.3 is 4.98 Å². The summed E-state index contributed by atoms with van der Waals surface area (Å²) >= 11 is 5.71. The van der Waals surface area contributed by atoms with Crippen LogP contribution >= 0.6 is 11.6 Å². The first kappa shape index (κ1) is 10.2. The number of halogens is 1. The van der Waals surface area contributed by atoms with Gasteiger partial charge in [0.05, 0.1) is 11.4 Å². The average Bonchev–Trinajstić information content (AvgIpc) is 2.15. The Bertz CT molecular complexity index is 572. The van der Waals surface area contributed by atoms with E-state index >= 15 is 0 Å².